The third-order valence-electron chi connectivity index (χ3n) is 2.51. The van der Waals surface area contributed by atoms with Gasteiger partial charge in [-0.2, -0.15) is 0 Å². The van der Waals surface area contributed by atoms with Crippen molar-refractivity contribution in [3.05, 3.63) is 15.6 Å². The highest BCUT2D eigenvalue weighted by molar-refractivity contribution is 7.11. The highest BCUT2D eigenvalue weighted by Crippen LogP contribution is 2.20. The van der Waals surface area contributed by atoms with E-state index in [1.165, 1.54) is 4.88 Å². The van der Waals surface area contributed by atoms with Crippen molar-refractivity contribution in [1.82, 2.24) is 10.3 Å². The van der Waals surface area contributed by atoms with E-state index in [0.717, 1.165) is 23.7 Å². The van der Waals surface area contributed by atoms with E-state index in [1.807, 2.05) is 13.8 Å². The van der Waals surface area contributed by atoms with Gasteiger partial charge in [0.15, 0.2) is 0 Å². The highest BCUT2D eigenvalue weighted by atomic mass is 32.1. The molecule has 1 rings (SSSR count). The lowest BCUT2D eigenvalue weighted by Gasteiger charge is -2.22. The Hall–Kier alpha value is -0.450. The summed E-state index contributed by atoms with van der Waals surface area (Å²) in [5.41, 5.74) is 1.28. The number of aryl methyl sites for hydroxylation is 2. The minimum absolute atomic E-state index is 0.179. The molecular formula is C13H24N2OS. The summed E-state index contributed by atoms with van der Waals surface area (Å²) < 4.78 is 0. The van der Waals surface area contributed by atoms with Crippen LogP contribution in [0.5, 0.6) is 0 Å². The Kier molecular flexibility index (Phi) is 5.10. The van der Waals surface area contributed by atoms with Crippen molar-refractivity contribution < 1.29 is 5.11 Å². The van der Waals surface area contributed by atoms with Gasteiger partial charge in [-0.15, -0.1) is 11.3 Å². The molecule has 0 bridgehead atoms. The van der Waals surface area contributed by atoms with Crippen molar-refractivity contribution in [1.29, 1.82) is 0 Å². The fourth-order valence-electron chi connectivity index (χ4n) is 1.87. The molecule has 1 atom stereocenters. The average Bonchev–Trinajstić information content (AvgIpc) is 2.42. The van der Waals surface area contributed by atoms with Gasteiger partial charge in [-0.25, -0.2) is 4.98 Å². The smallest absolute Gasteiger partial charge is 0.0900 e. The molecule has 1 aromatic rings. The maximum Gasteiger partial charge on any atom is 0.0900 e. The molecule has 0 amide bonds. The van der Waals surface area contributed by atoms with Crippen LogP contribution in [0, 0.1) is 19.3 Å². The zero-order valence-corrected chi connectivity index (χ0v) is 12.3. The van der Waals surface area contributed by atoms with Crippen LogP contribution in [-0.4, -0.2) is 22.7 Å². The maximum atomic E-state index is 9.86. The number of hydrogen-bond donors (Lipinski definition) is 2. The second kappa shape index (κ2) is 5.94. The Morgan fingerprint density at radius 1 is 1.35 bits per heavy atom. The van der Waals surface area contributed by atoms with Crippen LogP contribution in [0.1, 0.15) is 42.8 Å². The summed E-state index contributed by atoms with van der Waals surface area (Å²) in [6, 6.07) is 0. The first-order valence-electron chi connectivity index (χ1n) is 6.09. The van der Waals surface area contributed by atoms with Crippen molar-refractivity contribution >= 4 is 11.3 Å². The van der Waals surface area contributed by atoms with Crippen LogP contribution in [0.15, 0.2) is 0 Å². The summed E-state index contributed by atoms with van der Waals surface area (Å²) in [7, 11) is 0. The number of rotatable bonds is 5. The Labute approximate surface area is 108 Å². The van der Waals surface area contributed by atoms with E-state index in [0.29, 0.717) is 6.54 Å². The van der Waals surface area contributed by atoms with Gasteiger partial charge in [0, 0.05) is 18.0 Å². The molecule has 1 heterocycles. The normalized spacial score (nSPS) is 14.0. The van der Waals surface area contributed by atoms with Gasteiger partial charge < -0.3 is 10.4 Å². The molecule has 1 unspecified atom stereocenters. The lowest BCUT2D eigenvalue weighted by molar-refractivity contribution is 0.119. The van der Waals surface area contributed by atoms with Crippen molar-refractivity contribution in [2.75, 3.05) is 6.54 Å². The highest BCUT2D eigenvalue weighted by Gasteiger charge is 2.16. The first-order valence-corrected chi connectivity index (χ1v) is 6.91. The quantitative estimate of drug-likeness (QED) is 0.851. The van der Waals surface area contributed by atoms with Crippen molar-refractivity contribution in [2.45, 2.75) is 53.7 Å². The number of nitrogens with zero attached hydrogens (tertiary/aromatic N) is 1. The van der Waals surface area contributed by atoms with Crippen molar-refractivity contribution in [2.24, 2.45) is 5.41 Å². The SMILES string of the molecule is Cc1nc(C)c(CNCC(O)CC(C)(C)C)s1. The van der Waals surface area contributed by atoms with Crippen LogP contribution in [-0.2, 0) is 6.54 Å². The molecule has 0 saturated carbocycles. The van der Waals surface area contributed by atoms with E-state index in [9.17, 15) is 5.11 Å². The predicted octanol–water partition coefficient (Wildman–Crippen LogP) is 2.65. The largest absolute Gasteiger partial charge is 0.392 e. The molecule has 0 saturated heterocycles. The van der Waals surface area contributed by atoms with Gasteiger partial charge in [-0.3, -0.25) is 0 Å². The second-order valence-corrected chi connectivity index (χ2v) is 7.08. The summed E-state index contributed by atoms with van der Waals surface area (Å²) >= 11 is 1.72. The number of aliphatic hydroxyl groups is 1. The maximum absolute atomic E-state index is 9.86. The molecule has 0 radical (unpaired) electrons. The molecule has 0 aliphatic rings. The molecule has 0 aliphatic heterocycles. The van der Waals surface area contributed by atoms with Crippen LogP contribution in [0.4, 0.5) is 0 Å². The zero-order valence-electron chi connectivity index (χ0n) is 11.5. The molecule has 4 heteroatoms. The van der Waals surface area contributed by atoms with Gasteiger partial charge >= 0.3 is 0 Å². The summed E-state index contributed by atoms with van der Waals surface area (Å²) in [4.78, 5) is 5.65. The summed E-state index contributed by atoms with van der Waals surface area (Å²) in [6.45, 7) is 11.9. The first-order chi connectivity index (χ1) is 7.78. The fourth-order valence-corrected chi connectivity index (χ4v) is 2.78. The van der Waals surface area contributed by atoms with Crippen LogP contribution in [0.2, 0.25) is 0 Å². The van der Waals surface area contributed by atoms with Crippen LogP contribution >= 0.6 is 11.3 Å². The van der Waals surface area contributed by atoms with E-state index in [4.69, 9.17) is 0 Å². The third-order valence-corrected chi connectivity index (χ3v) is 3.59. The molecule has 0 aliphatic carbocycles. The minimum atomic E-state index is -0.274. The summed E-state index contributed by atoms with van der Waals surface area (Å²) in [5.74, 6) is 0. The van der Waals surface area contributed by atoms with Gasteiger partial charge in [-0.1, -0.05) is 20.8 Å². The van der Waals surface area contributed by atoms with E-state index in [-0.39, 0.29) is 11.5 Å². The number of thiazole rings is 1. The molecule has 0 aromatic carbocycles. The monoisotopic (exact) mass is 256 g/mol. The number of nitrogens with one attached hydrogen (secondary N) is 1. The Morgan fingerprint density at radius 2 is 2.00 bits per heavy atom. The first kappa shape index (κ1) is 14.6. The summed E-state index contributed by atoms with van der Waals surface area (Å²) in [5, 5.41) is 14.3. The molecule has 0 fully saturated rings. The lowest BCUT2D eigenvalue weighted by Crippen LogP contribution is -2.29. The molecular weight excluding hydrogens is 232 g/mol. The van der Waals surface area contributed by atoms with Crippen LogP contribution in [0.25, 0.3) is 0 Å². The van der Waals surface area contributed by atoms with Crippen LogP contribution < -0.4 is 5.32 Å². The van der Waals surface area contributed by atoms with Crippen LogP contribution in [0.3, 0.4) is 0 Å². The fraction of sp³-hybridized carbons (Fsp3) is 0.769. The van der Waals surface area contributed by atoms with Gasteiger partial charge in [-0.05, 0) is 25.7 Å². The molecule has 1 aromatic heterocycles. The van der Waals surface area contributed by atoms with Gasteiger partial charge in [0.25, 0.3) is 0 Å². The second-order valence-electron chi connectivity index (χ2n) is 5.79. The Morgan fingerprint density at radius 3 is 2.47 bits per heavy atom. The molecule has 98 valence electrons. The Balaban J connectivity index is 2.31. The number of hydrogen-bond acceptors (Lipinski definition) is 4. The van der Waals surface area contributed by atoms with E-state index >= 15 is 0 Å². The lowest BCUT2D eigenvalue weighted by atomic mass is 9.89. The molecule has 0 spiro atoms. The van der Waals surface area contributed by atoms with Gasteiger partial charge in [0.05, 0.1) is 16.8 Å². The number of aliphatic hydroxyl groups excluding tert-OH is 1. The molecule has 17 heavy (non-hydrogen) atoms. The van der Waals surface area contributed by atoms with Gasteiger partial charge in [0.1, 0.15) is 0 Å². The number of aromatic nitrogens is 1. The summed E-state index contributed by atoms with van der Waals surface area (Å²) in [6.07, 6.45) is 0.546. The standard InChI is InChI=1S/C13H24N2OS/c1-9-12(17-10(2)15-9)8-14-7-11(16)6-13(3,4)5/h11,14,16H,6-8H2,1-5H3. The topological polar surface area (TPSA) is 45.2 Å². The Bertz CT molecular complexity index is 355. The van der Waals surface area contributed by atoms with E-state index in [2.05, 4.69) is 31.1 Å². The van der Waals surface area contributed by atoms with E-state index < -0.39 is 0 Å². The predicted molar refractivity (Wildman–Crippen MR) is 73.4 cm³/mol. The minimum Gasteiger partial charge on any atom is -0.392 e. The van der Waals surface area contributed by atoms with Crippen molar-refractivity contribution in [3.8, 4) is 0 Å². The zero-order chi connectivity index (χ0) is 13.1. The van der Waals surface area contributed by atoms with E-state index in [1.54, 1.807) is 11.3 Å². The molecule has 2 N–H and O–H groups in total. The average molecular weight is 256 g/mol. The van der Waals surface area contributed by atoms with Gasteiger partial charge in [0.2, 0.25) is 0 Å². The molecule has 3 nitrogen and oxygen atoms in total. The van der Waals surface area contributed by atoms with Crippen molar-refractivity contribution in [3.63, 3.8) is 0 Å². The third kappa shape index (κ3) is 5.61.